The van der Waals surface area contributed by atoms with E-state index in [1.807, 2.05) is 22.6 Å². The summed E-state index contributed by atoms with van der Waals surface area (Å²) in [5, 5.41) is 8.86. The van der Waals surface area contributed by atoms with Crippen LogP contribution in [0.2, 0.25) is 0 Å². The average Bonchev–Trinajstić information content (AvgIpc) is 2.17. The molecule has 0 heterocycles. The van der Waals surface area contributed by atoms with Crippen LogP contribution in [0.25, 0.3) is 0 Å². The molecule has 4 nitrogen and oxygen atoms in total. The zero-order chi connectivity index (χ0) is 10.7. The van der Waals surface area contributed by atoms with Crippen LogP contribution in [0.3, 0.4) is 0 Å². The molecule has 1 N–H and O–H groups in total. The summed E-state index contributed by atoms with van der Waals surface area (Å²) in [6.45, 7) is 0. The second-order valence-corrected chi connectivity index (χ2v) is 3.65. The van der Waals surface area contributed by atoms with Crippen molar-refractivity contribution in [2.45, 2.75) is 0 Å². The van der Waals surface area contributed by atoms with E-state index in [9.17, 15) is 4.79 Å². The number of hydrogen-bond donors (Lipinski definition) is 1. The van der Waals surface area contributed by atoms with Crippen LogP contribution in [0.15, 0.2) is 12.1 Å². The molecule has 1 rings (SSSR count). The molecule has 0 amide bonds. The van der Waals surface area contributed by atoms with Crippen molar-refractivity contribution >= 4 is 28.6 Å². The van der Waals surface area contributed by atoms with Crippen LogP contribution >= 0.6 is 22.6 Å². The summed E-state index contributed by atoms with van der Waals surface area (Å²) in [5.74, 6) is -0.107. The Morgan fingerprint density at radius 3 is 2.29 bits per heavy atom. The quantitative estimate of drug-likeness (QED) is 0.868. The van der Waals surface area contributed by atoms with E-state index < -0.39 is 5.97 Å². The number of halogens is 1. The van der Waals surface area contributed by atoms with Crippen LogP contribution in [0.5, 0.6) is 11.5 Å². The van der Waals surface area contributed by atoms with Crippen LogP contribution in [0, 0.1) is 3.57 Å². The fourth-order valence-corrected chi connectivity index (χ4v) is 1.71. The first-order chi connectivity index (χ1) is 6.60. The molecule has 0 saturated carbocycles. The third-order valence-electron chi connectivity index (χ3n) is 1.70. The first-order valence-corrected chi connectivity index (χ1v) is 4.82. The zero-order valence-electron chi connectivity index (χ0n) is 7.70. The Labute approximate surface area is 95.0 Å². The number of benzene rings is 1. The molecule has 1 aromatic carbocycles. The van der Waals surface area contributed by atoms with Gasteiger partial charge in [-0.05, 0) is 28.7 Å². The van der Waals surface area contributed by atoms with Gasteiger partial charge in [0, 0.05) is 6.07 Å². The van der Waals surface area contributed by atoms with E-state index >= 15 is 0 Å². The van der Waals surface area contributed by atoms with Gasteiger partial charge in [0.15, 0.2) is 0 Å². The SMILES string of the molecule is COc1cc(OC)c(C(=O)O)cc1I. The predicted molar refractivity (Wildman–Crippen MR) is 59.2 cm³/mol. The number of carboxylic acid groups (broad SMARTS) is 1. The zero-order valence-corrected chi connectivity index (χ0v) is 9.86. The fraction of sp³-hybridized carbons (Fsp3) is 0.222. The van der Waals surface area contributed by atoms with E-state index in [4.69, 9.17) is 14.6 Å². The van der Waals surface area contributed by atoms with Crippen LogP contribution in [0.4, 0.5) is 0 Å². The van der Waals surface area contributed by atoms with Gasteiger partial charge in [0.05, 0.1) is 17.8 Å². The maximum Gasteiger partial charge on any atom is 0.339 e. The third-order valence-corrected chi connectivity index (χ3v) is 2.55. The Kier molecular flexibility index (Phi) is 3.56. The summed E-state index contributed by atoms with van der Waals surface area (Å²) in [6, 6.07) is 3.08. The molecule has 76 valence electrons. The van der Waals surface area contributed by atoms with Gasteiger partial charge in [0.2, 0.25) is 0 Å². The van der Waals surface area contributed by atoms with E-state index in [1.54, 1.807) is 6.07 Å². The number of carbonyl (C=O) groups is 1. The van der Waals surface area contributed by atoms with E-state index in [0.29, 0.717) is 11.5 Å². The molecule has 0 aliphatic heterocycles. The summed E-state index contributed by atoms with van der Waals surface area (Å²) >= 11 is 2.01. The normalized spacial score (nSPS) is 9.64. The lowest BCUT2D eigenvalue weighted by Gasteiger charge is -2.09. The minimum atomic E-state index is -1.01. The fourth-order valence-electron chi connectivity index (χ4n) is 1.03. The molecule has 0 atom stereocenters. The highest BCUT2D eigenvalue weighted by molar-refractivity contribution is 14.1. The van der Waals surface area contributed by atoms with E-state index in [-0.39, 0.29) is 5.56 Å². The predicted octanol–water partition coefficient (Wildman–Crippen LogP) is 2.01. The maximum absolute atomic E-state index is 10.8. The number of methoxy groups -OCH3 is 2. The monoisotopic (exact) mass is 308 g/mol. The number of rotatable bonds is 3. The minimum absolute atomic E-state index is 0.137. The van der Waals surface area contributed by atoms with Crippen molar-refractivity contribution in [3.8, 4) is 11.5 Å². The lowest BCUT2D eigenvalue weighted by atomic mass is 10.2. The standard InChI is InChI=1S/C9H9IO4/c1-13-7-4-8(14-2)6(10)3-5(7)9(11)12/h3-4H,1-2H3,(H,11,12). The van der Waals surface area contributed by atoms with Crippen molar-refractivity contribution in [1.82, 2.24) is 0 Å². The van der Waals surface area contributed by atoms with Crippen molar-refractivity contribution in [3.63, 3.8) is 0 Å². The van der Waals surface area contributed by atoms with Gasteiger partial charge in [0.1, 0.15) is 17.1 Å². The van der Waals surface area contributed by atoms with Gasteiger partial charge >= 0.3 is 5.97 Å². The minimum Gasteiger partial charge on any atom is -0.496 e. The highest BCUT2D eigenvalue weighted by Crippen LogP contribution is 2.29. The van der Waals surface area contributed by atoms with Crippen LogP contribution in [-0.2, 0) is 0 Å². The molecule has 0 aliphatic rings. The highest BCUT2D eigenvalue weighted by atomic mass is 127. The van der Waals surface area contributed by atoms with Gasteiger partial charge in [-0.2, -0.15) is 0 Å². The van der Waals surface area contributed by atoms with Crippen molar-refractivity contribution in [1.29, 1.82) is 0 Å². The summed E-state index contributed by atoms with van der Waals surface area (Å²) in [7, 11) is 2.95. The Morgan fingerprint density at radius 1 is 1.29 bits per heavy atom. The smallest absolute Gasteiger partial charge is 0.339 e. The molecule has 5 heteroatoms. The Hall–Kier alpha value is -0.980. The Morgan fingerprint density at radius 2 is 1.86 bits per heavy atom. The molecule has 0 unspecified atom stereocenters. The van der Waals surface area contributed by atoms with Gasteiger partial charge < -0.3 is 14.6 Å². The molecule has 0 fully saturated rings. The summed E-state index contributed by atoms with van der Waals surface area (Å²) in [4.78, 5) is 10.8. The first kappa shape index (κ1) is 11.1. The molecule has 0 bridgehead atoms. The largest absolute Gasteiger partial charge is 0.496 e. The van der Waals surface area contributed by atoms with E-state index in [2.05, 4.69) is 0 Å². The summed E-state index contributed by atoms with van der Waals surface area (Å²) in [6.07, 6.45) is 0. The van der Waals surface area contributed by atoms with Crippen LogP contribution in [0.1, 0.15) is 10.4 Å². The molecule has 14 heavy (non-hydrogen) atoms. The van der Waals surface area contributed by atoms with Gasteiger partial charge in [-0.25, -0.2) is 4.79 Å². The molecule has 0 spiro atoms. The van der Waals surface area contributed by atoms with Gasteiger partial charge in [-0.15, -0.1) is 0 Å². The lowest BCUT2D eigenvalue weighted by Crippen LogP contribution is -2.02. The molecular weight excluding hydrogens is 299 g/mol. The Balaban J connectivity index is 3.31. The van der Waals surface area contributed by atoms with Crippen molar-refractivity contribution in [2.75, 3.05) is 14.2 Å². The Bertz CT molecular complexity index is 362. The van der Waals surface area contributed by atoms with Crippen molar-refractivity contribution in [2.24, 2.45) is 0 Å². The number of hydrogen-bond acceptors (Lipinski definition) is 3. The lowest BCUT2D eigenvalue weighted by molar-refractivity contribution is 0.0693. The van der Waals surface area contributed by atoms with Gasteiger partial charge in [-0.3, -0.25) is 0 Å². The number of ether oxygens (including phenoxy) is 2. The number of carboxylic acids is 1. The summed E-state index contributed by atoms with van der Waals surface area (Å²) in [5.41, 5.74) is 0.137. The van der Waals surface area contributed by atoms with Crippen LogP contribution in [-0.4, -0.2) is 25.3 Å². The molecule has 0 aliphatic carbocycles. The van der Waals surface area contributed by atoms with E-state index in [1.165, 1.54) is 20.3 Å². The molecule has 1 aromatic rings. The summed E-state index contributed by atoms with van der Waals surface area (Å²) < 4.78 is 10.7. The van der Waals surface area contributed by atoms with Crippen molar-refractivity contribution < 1.29 is 19.4 Å². The van der Waals surface area contributed by atoms with Crippen LogP contribution < -0.4 is 9.47 Å². The number of aromatic carboxylic acids is 1. The highest BCUT2D eigenvalue weighted by Gasteiger charge is 2.14. The third kappa shape index (κ3) is 2.09. The van der Waals surface area contributed by atoms with Gasteiger partial charge in [-0.1, -0.05) is 0 Å². The maximum atomic E-state index is 10.8. The molecule has 0 radical (unpaired) electrons. The molecule has 0 saturated heterocycles. The molecule has 0 aromatic heterocycles. The first-order valence-electron chi connectivity index (χ1n) is 3.75. The molecular formula is C9H9IO4. The average molecular weight is 308 g/mol. The second-order valence-electron chi connectivity index (χ2n) is 2.49. The van der Waals surface area contributed by atoms with Crippen molar-refractivity contribution in [3.05, 3.63) is 21.3 Å². The van der Waals surface area contributed by atoms with E-state index in [0.717, 1.165) is 3.57 Å². The topological polar surface area (TPSA) is 55.8 Å². The second kappa shape index (κ2) is 4.50. The van der Waals surface area contributed by atoms with Gasteiger partial charge in [0.25, 0.3) is 0 Å².